The van der Waals surface area contributed by atoms with E-state index in [0.29, 0.717) is 0 Å². The van der Waals surface area contributed by atoms with Crippen molar-refractivity contribution in [2.75, 3.05) is 0 Å². The minimum absolute atomic E-state index is 0.954. The van der Waals surface area contributed by atoms with Gasteiger partial charge in [0.1, 0.15) is 0 Å². The summed E-state index contributed by atoms with van der Waals surface area (Å²) in [5, 5.41) is 0. The van der Waals surface area contributed by atoms with Crippen LogP contribution in [0.3, 0.4) is 0 Å². The van der Waals surface area contributed by atoms with E-state index in [2.05, 4.69) is 78.5 Å². The van der Waals surface area contributed by atoms with E-state index in [1.807, 2.05) is 0 Å². The van der Waals surface area contributed by atoms with E-state index in [4.69, 9.17) is 0 Å². The Kier molecular flexibility index (Phi) is 15.4. The van der Waals surface area contributed by atoms with Crippen molar-refractivity contribution >= 4 is 0 Å². The SMILES string of the molecule is CCCCCCCC/C=C/CCCCCCCCCc1cc[n+](Cc2ccccc2)cc1. The van der Waals surface area contributed by atoms with Crippen LogP contribution in [0.25, 0.3) is 0 Å². The van der Waals surface area contributed by atoms with Gasteiger partial charge in [-0.25, -0.2) is 4.57 Å². The second-order valence-corrected chi connectivity index (χ2v) is 9.41. The molecular weight excluding hydrogens is 386 g/mol. The topological polar surface area (TPSA) is 3.88 Å². The molecule has 176 valence electrons. The lowest BCUT2D eigenvalue weighted by Crippen LogP contribution is -2.33. The molecule has 0 radical (unpaired) electrons. The van der Waals surface area contributed by atoms with Crippen molar-refractivity contribution in [1.29, 1.82) is 0 Å². The van der Waals surface area contributed by atoms with Gasteiger partial charge in [0.15, 0.2) is 18.9 Å². The van der Waals surface area contributed by atoms with Crippen LogP contribution in [-0.2, 0) is 13.0 Å². The zero-order chi connectivity index (χ0) is 22.5. The van der Waals surface area contributed by atoms with E-state index < -0.39 is 0 Å². The lowest BCUT2D eigenvalue weighted by molar-refractivity contribution is -0.688. The standard InChI is InChI=1S/C31H48N/c1-2-3-4-5-6-7-8-9-10-11-12-13-14-15-16-17-19-22-30-25-27-32(28-26-30)29-31-23-20-18-21-24-31/h9-10,18,20-21,23-28H,2-8,11-17,19,22,29H2,1H3/q+1/b10-9+. The molecule has 2 rings (SSSR count). The number of unbranched alkanes of at least 4 members (excludes halogenated alkanes) is 13. The summed E-state index contributed by atoms with van der Waals surface area (Å²) >= 11 is 0. The third kappa shape index (κ3) is 13.5. The summed E-state index contributed by atoms with van der Waals surface area (Å²) in [7, 11) is 0. The number of nitrogens with zero attached hydrogens (tertiary/aromatic N) is 1. The fraction of sp³-hybridized carbons (Fsp3) is 0.581. The Hall–Kier alpha value is -1.89. The molecule has 0 atom stereocenters. The number of aryl methyl sites for hydroxylation is 1. The van der Waals surface area contributed by atoms with Gasteiger partial charge in [-0.15, -0.1) is 0 Å². The van der Waals surface area contributed by atoms with Gasteiger partial charge >= 0.3 is 0 Å². The first kappa shape index (κ1) is 26.4. The van der Waals surface area contributed by atoms with Gasteiger partial charge in [0.2, 0.25) is 0 Å². The Balaban J connectivity index is 1.37. The minimum Gasteiger partial charge on any atom is -0.201 e. The van der Waals surface area contributed by atoms with Crippen LogP contribution >= 0.6 is 0 Å². The van der Waals surface area contributed by atoms with Gasteiger partial charge in [0.25, 0.3) is 0 Å². The summed E-state index contributed by atoms with van der Waals surface area (Å²) in [6.45, 7) is 3.24. The lowest BCUT2D eigenvalue weighted by Gasteiger charge is -2.03. The molecular formula is C31H48N+. The maximum absolute atomic E-state index is 2.43. The predicted molar refractivity (Wildman–Crippen MR) is 140 cm³/mol. The zero-order valence-corrected chi connectivity index (χ0v) is 20.8. The lowest BCUT2D eigenvalue weighted by atomic mass is 10.0. The smallest absolute Gasteiger partial charge is 0.173 e. The Bertz CT molecular complexity index is 686. The van der Waals surface area contributed by atoms with E-state index >= 15 is 0 Å². The Morgan fingerprint density at radius 3 is 1.69 bits per heavy atom. The van der Waals surface area contributed by atoms with Gasteiger partial charge in [-0.05, 0) is 44.1 Å². The van der Waals surface area contributed by atoms with Crippen molar-refractivity contribution in [3.63, 3.8) is 0 Å². The molecule has 0 saturated heterocycles. The molecule has 1 heteroatoms. The molecule has 0 spiro atoms. The first-order valence-corrected chi connectivity index (χ1v) is 13.6. The van der Waals surface area contributed by atoms with Crippen LogP contribution in [0.2, 0.25) is 0 Å². The van der Waals surface area contributed by atoms with Gasteiger partial charge in [0.05, 0.1) is 0 Å². The molecule has 0 bridgehead atoms. The van der Waals surface area contributed by atoms with Crippen LogP contribution < -0.4 is 4.57 Å². The minimum atomic E-state index is 0.954. The van der Waals surface area contributed by atoms with Crippen LogP contribution in [0.1, 0.15) is 114 Å². The van der Waals surface area contributed by atoms with E-state index in [0.717, 1.165) is 6.54 Å². The molecule has 0 saturated carbocycles. The fourth-order valence-corrected chi connectivity index (χ4v) is 4.31. The molecule has 0 aliphatic carbocycles. The van der Waals surface area contributed by atoms with Gasteiger partial charge in [-0.3, -0.25) is 0 Å². The van der Waals surface area contributed by atoms with E-state index in [9.17, 15) is 0 Å². The molecule has 2 aromatic rings. The average molecular weight is 435 g/mol. The molecule has 0 amide bonds. The highest BCUT2D eigenvalue weighted by Crippen LogP contribution is 2.12. The number of rotatable bonds is 19. The Morgan fingerprint density at radius 1 is 0.562 bits per heavy atom. The quantitative estimate of drug-likeness (QED) is 0.118. The van der Waals surface area contributed by atoms with Gasteiger partial charge < -0.3 is 0 Å². The van der Waals surface area contributed by atoms with Gasteiger partial charge in [0, 0.05) is 17.7 Å². The van der Waals surface area contributed by atoms with Crippen LogP contribution in [0.5, 0.6) is 0 Å². The molecule has 0 aliphatic rings. The van der Waals surface area contributed by atoms with Crippen molar-refractivity contribution in [2.24, 2.45) is 0 Å². The van der Waals surface area contributed by atoms with Gasteiger partial charge in [-0.2, -0.15) is 0 Å². The van der Waals surface area contributed by atoms with E-state index in [1.165, 1.54) is 114 Å². The summed E-state index contributed by atoms with van der Waals surface area (Å²) in [4.78, 5) is 0. The molecule has 0 N–H and O–H groups in total. The van der Waals surface area contributed by atoms with E-state index in [1.54, 1.807) is 0 Å². The largest absolute Gasteiger partial charge is 0.201 e. The monoisotopic (exact) mass is 434 g/mol. The highest BCUT2D eigenvalue weighted by Gasteiger charge is 2.02. The second kappa shape index (κ2) is 18.7. The first-order chi connectivity index (χ1) is 15.9. The zero-order valence-electron chi connectivity index (χ0n) is 20.8. The van der Waals surface area contributed by atoms with Crippen LogP contribution in [0.15, 0.2) is 67.0 Å². The molecule has 1 aromatic heterocycles. The summed E-state index contributed by atoms with van der Waals surface area (Å²) in [6, 6.07) is 15.3. The van der Waals surface area contributed by atoms with Gasteiger partial charge in [-0.1, -0.05) is 114 Å². The van der Waals surface area contributed by atoms with Crippen molar-refractivity contribution in [2.45, 2.75) is 116 Å². The predicted octanol–water partition coefficient (Wildman–Crippen LogP) is 8.99. The first-order valence-electron chi connectivity index (χ1n) is 13.6. The number of pyridine rings is 1. The number of hydrogen-bond acceptors (Lipinski definition) is 0. The number of benzene rings is 1. The number of allylic oxidation sites excluding steroid dienone is 2. The molecule has 1 aromatic carbocycles. The molecule has 0 unspecified atom stereocenters. The third-order valence-corrected chi connectivity index (χ3v) is 6.40. The fourth-order valence-electron chi connectivity index (χ4n) is 4.31. The van der Waals surface area contributed by atoms with Crippen molar-refractivity contribution < 1.29 is 4.57 Å². The highest BCUT2D eigenvalue weighted by atomic mass is 14.9. The number of aromatic nitrogens is 1. The number of hydrogen-bond donors (Lipinski definition) is 0. The van der Waals surface area contributed by atoms with Crippen molar-refractivity contribution in [1.82, 2.24) is 0 Å². The van der Waals surface area contributed by atoms with Crippen molar-refractivity contribution in [3.05, 3.63) is 78.1 Å². The second-order valence-electron chi connectivity index (χ2n) is 9.41. The van der Waals surface area contributed by atoms with Crippen LogP contribution in [-0.4, -0.2) is 0 Å². The summed E-state index contributed by atoms with van der Waals surface area (Å²) in [6.07, 6.45) is 31.2. The van der Waals surface area contributed by atoms with Crippen molar-refractivity contribution in [3.8, 4) is 0 Å². The van der Waals surface area contributed by atoms with Crippen LogP contribution in [0.4, 0.5) is 0 Å². The third-order valence-electron chi connectivity index (χ3n) is 6.40. The summed E-state index contributed by atoms with van der Waals surface area (Å²) in [5.74, 6) is 0. The normalized spacial score (nSPS) is 11.4. The summed E-state index contributed by atoms with van der Waals surface area (Å²) in [5.41, 5.74) is 2.83. The Labute approximate surface area is 199 Å². The van der Waals surface area contributed by atoms with E-state index in [-0.39, 0.29) is 0 Å². The van der Waals surface area contributed by atoms with Crippen LogP contribution in [0, 0.1) is 0 Å². The molecule has 0 fully saturated rings. The Morgan fingerprint density at radius 2 is 1.09 bits per heavy atom. The molecule has 32 heavy (non-hydrogen) atoms. The molecule has 1 nitrogen and oxygen atoms in total. The highest BCUT2D eigenvalue weighted by molar-refractivity contribution is 5.13. The maximum Gasteiger partial charge on any atom is 0.173 e. The molecule has 0 aliphatic heterocycles. The molecule has 1 heterocycles. The maximum atomic E-state index is 2.43. The average Bonchev–Trinajstić information content (AvgIpc) is 2.83. The summed E-state index contributed by atoms with van der Waals surface area (Å²) < 4.78 is 2.27.